The van der Waals surface area contributed by atoms with Crippen LogP contribution in [0.4, 0.5) is 0 Å². The van der Waals surface area contributed by atoms with Gasteiger partial charge in [0.1, 0.15) is 22.8 Å². The smallest absolute Gasteiger partial charge is 0.193 e. The summed E-state index contributed by atoms with van der Waals surface area (Å²) in [6, 6.07) is 8.72. The Balaban J connectivity index is 2.46. The van der Waals surface area contributed by atoms with Crippen LogP contribution in [0.5, 0.6) is 17.2 Å². The van der Waals surface area contributed by atoms with Gasteiger partial charge >= 0.3 is 0 Å². The minimum absolute atomic E-state index is 0.112. The highest BCUT2D eigenvalue weighted by molar-refractivity contribution is 6.30. The average molecular weight is 387 g/mol. The molecule has 0 saturated heterocycles. The van der Waals surface area contributed by atoms with Crippen molar-refractivity contribution in [3.63, 3.8) is 0 Å². The number of allylic oxidation sites excluding steroid dienone is 3. The molecule has 4 nitrogen and oxygen atoms in total. The third kappa shape index (κ3) is 5.14. The zero-order valence-electron chi connectivity index (χ0n) is 15.9. The SMILES string of the molecule is COc1cc(OC)c(C(=O)/C=C/c2ccc(Cl)cc2)c(O)c1CC=C(C)C. The van der Waals surface area contributed by atoms with Crippen LogP contribution in [-0.4, -0.2) is 25.1 Å². The fourth-order valence-corrected chi connectivity index (χ4v) is 2.70. The highest BCUT2D eigenvalue weighted by Gasteiger charge is 2.22. The number of benzene rings is 2. The van der Waals surface area contributed by atoms with Gasteiger partial charge in [0.15, 0.2) is 5.78 Å². The van der Waals surface area contributed by atoms with Gasteiger partial charge in [0.25, 0.3) is 0 Å². The van der Waals surface area contributed by atoms with Crippen molar-refractivity contribution in [2.24, 2.45) is 0 Å². The zero-order valence-corrected chi connectivity index (χ0v) is 16.6. The normalized spacial score (nSPS) is 10.7. The van der Waals surface area contributed by atoms with Crippen molar-refractivity contribution >= 4 is 23.5 Å². The molecule has 5 heteroatoms. The first-order valence-corrected chi connectivity index (χ1v) is 8.83. The van der Waals surface area contributed by atoms with Gasteiger partial charge < -0.3 is 14.6 Å². The first-order valence-electron chi connectivity index (χ1n) is 8.45. The molecule has 142 valence electrons. The Bertz CT molecular complexity index is 876. The van der Waals surface area contributed by atoms with Gasteiger partial charge in [0.2, 0.25) is 0 Å². The number of rotatable bonds is 7. The van der Waals surface area contributed by atoms with Crippen molar-refractivity contribution in [2.75, 3.05) is 14.2 Å². The third-order valence-electron chi connectivity index (χ3n) is 4.03. The maximum absolute atomic E-state index is 12.8. The number of ketones is 1. The fourth-order valence-electron chi connectivity index (χ4n) is 2.58. The van der Waals surface area contributed by atoms with Crippen LogP contribution >= 0.6 is 11.6 Å². The van der Waals surface area contributed by atoms with E-state index in [1.807, 2.05) is 19.9 Å². The molecule has 0 aliphatic rings. The van der Waals surface area contributed by atoms with Gasteiger partial charge in [-0.05, 0) is 44.0 Å². The van der Waals surface area contributed by atoms with Gasteiger partial charge in [-0.3, -0.25) is 4.79 Å². The lowest BCUT2D eigenvalue weighted by atomic mass is 9.99. The molecule has 1 N–H and O–H groups in total. The van der Waals surface area contributed by atoms with Gasteiger partial charge in [0, 0.05) is 16.7 Å². The van der Waals surface area contributed by atoms with E-state index in [0.29, 0.717) is 22.8 Å². The summed E-state index contributed by atoms with van der Waals surface area (Å²) in [5.41, 5.74) is 2.58. The Morgan fingerprint density at radius 1 is 1.11 bits per heavy atom. The molecule has 0 unspecified atom stereocenters. The number of carbonyl (C=O) groups is 1. The Morgan fingerprint density at radius 3 is 2.30 bits per heavy atom. The molecule has 0 fully saturated rings. The van der Waals surface area contributed by atoms with Crippen molar-refractivity contribution in [3.05, 3.63) is 69.8 Å². The summed E-state index contributed by atoms with van der Waals surface area (Å²) in [7, 11) is 2.96. The molecule has 0 spiro atoms. The van der Waals surface area contributed by atoms with E-state index in [9.17, 15) is 9.90 Å². The molecule has 0 aromatic heterocycles. The number of halogens is 1. The Kier molecular flexibility index (Phi) is 7.08. The van der Waals surface area contributed by atoms with Crippen molar-refractivity contribution in [3.8, 4) is 17.2 Å². The zero-order chi connectivity index (χ0) is 20.0. The molecule has 0 amide bonds. The largest absolute Gasteiger partial charge is 0.507 e. The molecular weight excluding hydrogens is 364 g/mol. The Hall–Kier alpha value is -2.72. The average Bonchev–Trinajstić information content (AvgIpc) is 2.65. The Labute approximate surface area is 164 Å². The lowest BCUT2D eigenvalue weighted by Gasteiger charge is -2.15. The number of ether oxygens (including phenoxy) is 2. The van der Waals surface area contributed by atoms with Crippen molar-refractivity contribution in [1.29, 1.82) is 0 Å². The monoisotopic (exact) mass is 386 g/mol. The van der Waals surface area contributed by atoms with E-state index in [1.54, 1.807) is 36.4 Å². The second-order valence-electron chi connectivity index (χ2n) is 6.22. The van der Waals surface area contributed by atoms with E-state index >= 15 is 0 Å². The number of phenolic OH excluding ortho intramolecular Hbond substituents is 1. The molecule has 27 heavy (non-hydrogen) atoms. The third-order valence-corrected chi connectivity index (χ3v) is 4.28. The van der Waals surface area contributed by atoms with Crippen LogP contribution in [0.15, 0.2) is 48.1 Å². The summed E-state index contributed by atoms with van der Waals surface area (Å²) < 4.78 is 10.7. The molecule has 0 heterocycles. The highest BCUT2D eigenvalue weighted by Crippen LogP contribution is 2.39. The van der Waals surface area contributed by atoms with Crippen LogP contribution in [0.2, 0.25) is 5.02 Å². The topological polar surface area (TPSA) is 55.8 Å². The lowest BCUT2D eigenvalue weighted by Crippen LogP contribution is -2.04. The number of phenols is 1. The quantitative estimate of drug-likeness (QED) is 0.389. The van der Waals surface area contributed by atoms with E-state index in [-0.39, 0.29) is 22.8 Å². The van der Waals surface area contributed by atoms with Crippen molar-refractivity contribution < 1.29 is 19.4 Å². The van der Waals surface area contributed by atoms with Crippen LogP contribution in [-0.2, 0) is 6.42 Å². The number of hydrogen-bond donors (Lipinski definition) is 1. The van der Waals surface area contributed by atoms with Crippen LogP contribution in [0.1, 0.15) is 35.3 Å². The minimum Gasteiger partial charge on any atom is -0.507 e. The summed E-state index contributed by atoms with van der Waals surface area (Å²) in [5, 5.41) is 11.4. The maximum Gasteiger partial charge on any atom is 0.193 e. The standard InChI is InChI=1S/C22H23ClO4/c1-14(2)5-11-17-19(26-3)13-20(27-4)21(22(17)25)18(24)12-8-15-6-9-16(23)10-7-15/h5-10,12-13,25H,11H2,1-4H3/b12-8+. The molecule has 2 rings (SSSR count). The van der Waals surface area contributed by atoms with Gasteiger partial charge in [-0.1, -0.05) is 41.5 Å². The predicted molar refractivity (Wildman–Crippen MR) is 109 cm³/mol. The first kappa shape index (κ1) is 20.6. The lowest BCUT2D eigenvalue weighted by molar-refractivity contribution is 0.104. The molecule has 0 radical (unpaired) electrons. The van der Waals surface area contributed by atoms with Crippen LogP contribution in [0, 0.1) is 0 Å². The number of carbonyl (C=O) groups excluding carboxylic acids is 1. The van der Waals surface area contributed by atoms with E-state index in [4.69, 9.17) is 21.1 Å². The molecule has 0 atom stereocenters. The number of aromatic hydroxyl groups is 1. The van der Waals surface area contributed by atoms with E-state index in [2.05, 4.69) is 0 Å². The van der Waals surface area contributed by atoms with Gasteiger partial charge in [0.05, 0.1) is 14.2 Å². The van der Waals surface area contributed by atoms with Crippen LogP contribution < -0.4 is 9.47 Å². The van der Waals surface area contributed by atoms with Gasteiger partial charge in [-0.25, -0.2) is 0 Å². The first-order chi connectivity index (χ1) is 12.9. The Morgan fingerprint density at radius 2 is 1.74 bits per heavy atom. The van der Waals surface area contributed by atoms with Crippen LogP contribution in [0.3, 0.4) is 0 Å². The van der Waals surface area contributed by atoms with Crippen LogP contribution in [0.25, 0.3) is 6.08 Å². The molecule has 2 aromatic rings. The molecule has 0 aliphatic carbocycles. The molecule has 0 aliphatic heterocycles. The van der Waals surface area contributed by atoms with E-state index < -0.39 is 0 Å². The predicted octanol–water partition coefficient (Wildman–Crippen LogP) is 5.47. The number of hydrogen-bond acceptors (Lipinski definition) is 4. The molecule has 2 aromatic carbocycles. The second kappa shape index (κ2) is 9.28. The van der Waals surface area contributed by atoms with Gasteiger partial charge in [-0.15, -0.1) is 0 Å². The second-order valence-corrected chi connectivity index (χ2v) is 6.65. The fraction of sp³-hybridized carbons (Fsp3) is 0.227. The summed E-state index contributed by atoms with van der Waals surface area (Å²) in [5.74, 6) is 0.242. The summed E-state index contributed by atoms with van der Waals surface area (Å²) in [6.45, 7) is 3.93. The van der Waals surface area contributed by atoms with Crippen molar-refractivity contribution in [2.45, 2.75) is 20.3 Å². The number of methoxy groups -OCH3 is 2. The van der Waals surface area contributed by atoms with E-state index in [1.165, 1.54) is 20.3 Å². The minimum atomic E-state index is -0.361. The molecule has 0 saturated carbocycles. The van der Waals surface area contributed by atoms with Crippen molar-refractivity contribution in [1.82, 2.24) is 0 Å². The summed E-state index contributed by atoms with van der Waals surface area (Å²) in [6.07, 6.45) is 5.47. The molecule has 0 bridgehead atoms. The summed E-state index contributed by atoms with van der Waals surface area (Å²) >= 11 is 5.87. The summed E-state index contributed by atoms with van der Waals surface area (Å²) in [4.78, 5) is 12.8. The maximum atomic E-state index is 12.8. The highest BCUT2D eigenvalue weighted by atomic mass is 35.5. The molecular formula is C22H23ClO4. The van der Waals surface area contributed by atoms with E-state index in [0.717, 1.165) is 11.1 Å². The van der Waals surface area contributed by atoms with Gasteiger partial charge in [-0.2, -0.15) is 0 Å².